The lowest BCUT2D eigenvalue weighted by Crippen LogP contribution is -2.23. The number of nitrogens with zero attached hydrogens (tertiary/aromatic N) is 2. The van der Waals surface area contributed by atoms with Crippen LogP contribution in [-0.4, -0.2) is 21.8 Å². The van der Waals surface area contributed by atoms with E-state index in [-0.39, 0.29) is 11.6 Å². The molecule has 0 aliphatic heterocycles. The number of primary amides is 1. The third-order valence-electron chi connectivity index (χ3n) is 2.91. The lowest BCUT2D eigenvalue weighted by molar-refractivity contribution is -0.118. The third kappa shape index (κ3) is 4.55. The highest BCUT2D eigenvalue weighted by molar-refractivity contribution is 5.91. The fourth-order valence-electron chi connectivity index (χ4n) is 1.75. The number of nitrogens with two attached hydrogens (primary N) is 2. The Morgan fingerprint density at radius 1 is 1.18 bits per heavy atom. The summed E-state index contributed by atoms with van der Waals surface area (Å²) in [5.74, 6) is -0.374. The summed E-state index contributed by atoms with van der Waals surface area (Å²) in [6.07, 6.45) is 4.97. The number of hydrogen-bond acceptors (Lipinski definition) is 5. The van der Waals surface area contributed by atoms with Crippen LogP contribution in [0.1, 0.15) is 21.6 Å². The minimum absolute atomic E-state index is 0.180. The number of anilines is 1. The molecule has 0 aromatic carbocycles. The molecule has 1 radical (unpaired) electrons. The van der Waals surface area contributed by atoms with Gasteiger partial charge in [0.2, 0.25) is 5.91 Å². The average molecular weight is 298 g/mol. The zero-order valence-corrected chi connectivity index (χ0v) is 11.8. The van der Waals surface area contributed by atoms with Crippen molar-refractivity contribution in [1.82, 2.24) is 15.3 Å². The molecule has 2 aromatic rings. The molecule has 2 heterocycles. The minimum Gasteiger partial charge on any atom is -0.384 e. The van der Waals surface area contributed by atoms with Crippen LogP contribution in [0, 0.1) is 6.42 Å². The van der Waals surface area contributed by atoms with E-state index >= 15 is 0 Å². The van der Waals surface area contributed by atoms with Gasteiger partial charge in [0.15, 0.2) is 0 Å². The number of rotatable bonds is 6. The van der Waals surface area contributed by atoms with E-state index in [2.05, 4.69) is 15.3 Å². The van der Waals surface area contributed by atoms with Crippen LogP contribution in [0.2, 0.25) is 0 Å². The molecule has 2 rings (SSSR count). The van der Waals surface area contributed by atoms with Crippen molar-refractivity contribution >= 4 is 17.6 Å². The number of nitrogen functional groups attached to an aromatic ring is 1. The van der Waals surface area contributed by atoms with E-state index in [0.717, 1.165) is 11.1 Å². The third-order valence-corrected chi connectivity index (χ3v) is 2.91. The Kier molecular flexibility index (Phi) is 5.02. The largest absolute Gasteiger partial charge is 0.384 e. The van der Waals surface area contributed by atoms with Gasteiger partial charge in [-0.1, -0.05) is 6.07 Å². The van der Waals surface area contributed by atoms with Gasteiger partial charge in [-0.15, -0.1) is 0 Å². The average Bonchev–Trinajstić information content (AvgIpc) is 2.52. The molecule has 22 heavy (non-hydrogen) atoms. The first-order chi connectivity index (χ1) is 10.5. The van der Waals surface area contributed by atoms with Gasteiger partial charge in [0.1, 0.15) is 11.5 Å². The normalized spacial score (nSPS) is 10.2. The van der Waals surface area contributed by atoms with Crippen molar-refractivity contribution in [2.75, 3.05) is 5.73 Å². The van der Waals surface area contributed by atoms with Gasteiger partial charge in [-0.2, -0.15) is 0 Å². The van der Waals surface area contributed by atoms with E-state index in [0.29, 0.717) is 18.8 Å². The Bertz CT molecular complexity index is 670. The Morgan fingerprint density at radius 2 is 2.00 bits per heavy atom. The number of carbonyl (C=O) groups is 2. The summed E-state index contributed by atoms with van der Waals surface area (Å²) < 4.78 is 0. The van der Waals surface area contributed by atoms with Gasteiger partial charge in [-0.3, -0.25) is 14.6 Å². The highest BCUT2D eigenvalue weighted by atomic mass is 16.2. The maximum atomic E-state index is 11.8. The van der Waals surface area contributed by atoms with E-state index in [1.54, 1.807) is 30.5 Å². The second-order valence-corrected chi connectivity index (χ2v) is 4.63. The van der Waals surface area contributed by atoms with E-state index in [4.69, 9.17) is 11.5 Å². The van der Waals surface area contributed by atoms with E-state index in [1.165, 1.54) is 12.6 Å². The fraction of sp³-hybridized carbons (Fsp3) is 0.133. The van der Waals surface area contributed by atoms with Crippen molar-refractivity contribution < 1.29 is 9.59 Å². The van der Waals surface area contributed by atoms with Crippen molar-refractivity contribution in [3.05, 3.63) is 59.9 Å². The predicted octanol–water partition coefficient (Wildman–Crippen LogP) is 0.221. The Hall–Kier alpha value is -2.96. The zero-order valence-electron chi connectivity index (χ0n) is 11.8. The molecule has 7 heteroatoms. The Labute approximate surface area is 127 Å². The lowest BCUT2D eigenvalue weighted by Gasteiger charge is -2.06. The van der Waals surface area contributed by atoms with Crippen molar-refractivity contribution in [3.8, 4) is 0 Å². The number of carbonyl (C=O) groups excluding carboxylic acids is 2. The predicted molar refractivity (Wildman–Crippen MR) is 81.3 cm³/mol. The second-order valence-electron chi connectivity index (χ2n) is 4.63. The summed E-state index contributed by atoms with van der Waals surface area (Å²) >= 11 is 0. The Morgan fingerprint density at radius 3 is 2.68 bits per heavy atom. The minimum atomic E-state index is -0.595. The molecule has 2 aromatic heterocycles. The molecule has 0 saturated heterocycles. The summed E-state index contributed by atoms with van der Waals surface area (Å²) in [7, 11) is 0. The molecule has 0 bridgehead atoms. The summed E-state index contributed by atoms with van der Waals surface area (Å²) in [5.41, 5.74) is 12.5. The van der Waals surface area contributed by atoms with E-state index < -0.39 is 5.91 Å². The highest BCUT2D eigenvalue weighted by Gasteiger charge is 2.06. The number of hydrogen-bond donors (Lipinski definition) is 3. The van der Waals surface area contributed by atoms with Crippen molar-refractivity contribution in [2.24, 2.45) is 5.73 Å². The van der Waals surface area contributed by atoms with Crippen LogP contribution in [0.4, 0.5) is 5.82 Å². The standard InChI is InChI=1S/C15H16N5O2/c16-13-3-1-11(8-19-13)9-20-14(21)4-2-10-5-6-18-12(7-10)15(17)22/h1,3-8H,2,9H2,(H2,16,19)(H2,17,22)(H,20,21). The molecule has 0 spiro atoms. The van der Waals surface area contributed by atoms with Crippen LogP contribution >= 0.6 is 0 Å². The topological polar surface area (TPSA) is 124 Å². The highest BCUT2D eigenvalue weighted by Crippen LogP contribution is 2.05. The van der Waals surface area contributed by atoms with Crippen LogP contribution in [0.5, 0.6) is 0 Å². The van der Waals surface area contributed by atoms with Crippen LogP contribution in [0.15, 0.2) is 36.7 Å². The number of pyridine rings is 2. The SMILES string of the molecule is NC(=O)c1cc(C[CH]C(=O)NCc2ccc(N)nc2)ccn1. The molecule has 2 amide bonds. The van der Waals surface area contributed by atoms with Crippen LogP contribution < -0.4 is 16.8 Å². The van der Waals surface area contributed by atoms with Gasteiger partial charge in [0, 0.05) is 18.9 Å². The maximum absolute atomic E-state index is 11.8. The second kappa shape index (κ2) is 7.16. The fourth-order valence-corrected chi connectivity index (χ4v) is 1.75. The molecule has 5 N–H and O–H groups in total. The molecular weight excluding hydrogens is 282 g/mol. The molecule has 0 atom stereocenters. The van der Waals surface area contributed by atoms with Gasteiger partial charge in [0.05, 0.1) is 6.42 Å². The number of aromatic nitrogens is 2. The smallest absolute Gasteiger partial charge is 0.267 e. The van der Waals surface area contributed by atoms with Gasteiger partial charge < -0.3 is 16.8 Å². The maximum Gasteiger partial charge on any atom is 0.267 e. The van der Waals surface area contributed by atoms with Crippen molar-refractivity contribution in [1.29, 1.82) is 0 Å². The monoisotopic (exact) mass is 298 g/mol. The summed E-state index contributed by atoms with van der Waals surface area (Å²) in [6.45, 7) is 0.367. The van der Waals surface area contributed by atoms with E-state index in [9.17, 15) is 9.59 Å². The first-order valence-corrected chi connectivity index (χ1v) is 6.61. The van der Waals surface area contributed by atoms with Gasteiger partial charge >= 0.3 is 0 Å². The number of nitrogens with one attached hydrogen (secondary N) is 1. The first kappa shape index (κ1) is 15.4. The van der Waals surface area contributed by atoms with Crippen molar-refractivity contribution in [3.63, 3.8) is 0 Å². The molecule has 7 nitrogen and oxygen atoms in total. The molecule has 0 fully saturated rings. The van der Waals surface area contributed by atoms with Gasteiger partial charge in [0.25, 0.3) is 5.91 Å². The van der Waals surface area contributed by atoms with Gasteiger partial charge in [-0.25, -0.2) is 4.98 Å². The summed E-state index contributed by atoms with van der Waals surface area (Å²) in [4.78, 5) is 30.6. The van der Waals surface area contributed by atoms with Crippen LogP contribution in [0.3, 0.4) is 0 Å². The van der Waals surface area contributed by atoms with Crippen LogP contribution in [-0.2, 0) is 17.8 Å². The van der Waals surface area contributed by atoms with Gasteiger partial charge in [-0.05, 0) is 35.7 Å². The molecule has 0 saturated carbocycles. The lowest BCUT2D eigenvalue weighted by atomic mass is 10.1. The molecular formula is C15H16N5O2. The first-order valence-electron chi connectivity index (χ1n) is 6.61. The summed E-state index contributed by atoms with van der Waals surface area (Å²) in [5, 5.41) is 2.74. The molecule has 113 valence electrons. The summed E-state index contributed by atoms with van der Waals surface area (Å²) in [6, 6.07) is 6.76. The molecule has 0 aliphatic rings. The zero-order chi connectivity index (χ0) is 15.9. The van der Waals surface area contributed by atoms with E-state index in [1.807, 2.05) is 0 Å². The molecule has 0 aliphatic carbocycles. The van der Waals surface area contributed by atoms with Crippen molar-refractivity contribution in [2.45, 2.75) is 13.0 Å². The number of amides is 2. The quantitative estimate of drug-likeness (QED) is 0.703. The molecule has 0 unspecified atom stereocenters. The Balaban J connectivity index is 1.81. The van der Waals surface area contributed by atoms with Crippen LogP contribution in [0.25, 0.3) is 0 Å².